The van der Waals surface area contributed by atoms with Gasteiger partial charge in [-0.3, -0.25) is 9.59 Å². The van der Waals surface area contributed by atoms with Crippen molar-refractivity contribution in [1.82, 2.24) is 5.32 Å². The molecule has 0 heterocycles. The molecule has 0 unspecified atom stereocenters. The van der Waals surface area contributed by atoms with Gasteiger partial charge in [-0.15, -0.1) is 0 Å². The Balaban J connectivity index is 2.48. The molecule has 18 heavy (non-hydrogen) atoms. The third-order valence-electron chi connectivity index (χ3n) is 2.28. The number of aryl methyl sites for hydroxylation is 1. The van der Waals surface area contributed by atoms with Gasteiger partial charge in [0.25, 0.3) is 5.91 Å². The molecular weight excluding hydrogens is 234 g/mol. The van der Waals surface area contributed by atoms with Crippen LogP contribution in [0, 0.1) is 6.92 Å². The molecule has 5 nitrogen and oxygen atoms in total. The highest BCUT2D eigenvalue weighted by Crippen LogP contribution is 2.17. The zero-order valence-corrected chi connectivity index (χ0v) is 10.6. The first-order chi connectivity index (χ1) is 8.67. The number of carbonyl (C=O) groups is 2. The van der Waals surface area contributed by atoms with Crippen LogP contribution in [0.4, 0.5) is 0 Å². The smallest absolute Gasteiger partial charge is 0.258 e. The molecule has 0 aliphatic carbocycles. The predicted octanol–water partition coefficient (Wildman–Crippen LogP) is 0.949. The number of amides is 1. The molecule has 1 aromatic carbocycles. The highest BCUT2D eigenvalue weighted by Gasteiger charge is 2.06. The second-order valence-electron chi connectivity index (χ2n) is 3.79. The Morgan fingerprint density at radius 1 is 1.44 bits per heavy atom. The molecule has 0 spiro atoms. The van der Waals surface area contributed by atoms with Crippen LogP contribution in [0.5, 0.6) is 5.75 Å². The first kappa shape index (κ1) is 14.2. The first-order valence-electron chi connectivity index (χ1n) is 5.61. The number of aldehydes is 1. The summed E-state index contributed by atoms with van der Waals surface area (Å²) >= 11 is 0. The summed E-state index contributed by atoms with van der Waals surface area (Å²) in [5.41, 5.74) is 1.41. The number of nitrogens with one attached hydrogen (secondary N) is 1. The molecular formula is C13H17NO4. The number of hydrogen-bond donors (Lipinski definition) is 1. The topological polar surface area (TPSA) is 64.6 Å². The lowest BCUT2D eigenvalue weighted by molar-refractivity contribution is -0.123. The monoisotopic (exact) mass is 251 g/mol. The molecule has 1 amide bonds. The Morgan fingerprint density at radius 2 is 2.22 bits per heavy atom. The lowest BCUT2D eigenvalue weighted by Crippen LogP contribution is -2.31. The van der Waals surface area contributed by atoms with Crippen LogP contribution in [-0.4, -0.2) is 39.1 Å². The van der Waals surface area contributed by atoms with Crippen molar-refractivity contribution in [3.8, 4) is 5.75 Å². The fourth-order valence-corrected chi connectivity index (χ4v) is 1.38. The van der Waals surface area contributed by atoms with Gasteiger partial charge in [0.05, 0.1) is 12.2 Å². The summed E-state index contributed by atoms with van der Waals surface area (Å²) in [6.45, 7) is 2.66. The summed E-state index contributed by atoms with van der Waals surface area (Å²) in [6.07, 6.45) is 0.713. The number of carbonyl (C=O) groups excluding carboxylic acids is 2. The normalized spacial score (nSPS) is 9.89. The van der Waals surface area contributed by atoms with Crippen molar-refractivity contribution in [3.63, 3.8) is 0 Å². The van der Waals surface area contributed by atoms with Gasteiger partial charge >= 0.3 is 0 Å². The van der Waals surface area contributed by atoms with Crippen LogP contribution >= 0.6 is 0 Å². The Labute approximate surface area is 106 Å². The summed E-state index contributed by atoms with van der Waals surface area (Å²) < 4.78 is 10.1. The molecule has 0 aliphatic rings. The quantitative estimate of drug-likeness (QED) is 0.579. The lowest BCUT2D eigenvalue weighted by Gasteiger charge is -2.09. The highest BCUT2D eigenvalue weighted by molar-refractivity contribution is 5.81. The number of rotatable bonds is 7. The molecule has 0 saturated heterocycles. The largest absolute Gasteiger partial charge is 0.483 e. The van der Waals surface area contributed by atoms with Crippen molar-refractivity contribution in [1.29, 1.82) is 0 Å². The summed E-state index contributed by atoms with van der Waals surface area (Å²) in [6, 6.07) is 5.22. The van der Waals surface area contributed by atoms with E-state index in [1.54, 1.807) is 19.2 Å². The van der Waals surface area contributed by atoms with Gasteiger partial charge in [-0.05, 0) is 19.1 Å². The average molecular weight is 251 g/mol. The van der Waals surface area contributed by atoms with E-state index in [0.29, 0.717) is 30.8 Å². The van der Waals surface area contributed by atoms with E-state index < -0.39 is 0 Å². The van der Waals surface area contributed by atoms with Crippen molar-refractivity contribution in [3.05, 3.63) is 29.3 Å². The average Bonchev–Trinajstić information content (AvgIpc) is 2.37. The summed E-state index contributed by atoms with van der Waals surface area (Å²) in [7, 11) is 1.56. The van der Waals surface area contributed by atoms with Gasteiger partial charge in [-0.1, -0.05) is 11.6 Å². The van der Waals surface area contributed by atoms with Crippen molar-refractivity contribution in [2.75, 3.05) is 26.9 Å². The molecule has 98 valence electrons. The number of benzene rings is 1. The molecule has 0 aliphatic heterocycles. The minimum atomic E-state index is -0.246. The standard InChI is InChI=1S/C13H17NO4/c1-10-3-4-12(11(7-10)8-15)18-9-13(16)14-5-6-17-2/h3-4,7-8H,5-6,9H2,1-2H3,(H,14,16). The minimum absolute atomic E-state index is 0.117. The Morgan fingerprint density at radius 3 is 2.89 bits per heavy atom. The summed E-state index contributed by atoms with van der Waals surface area (Å²) in [5, 5.41) is 2.63. The first-order valence-corrected chi connectivity index (χ1v) is 5.61. The van der Waals surface area contributed by atoms with Gasteiger partial charge < -0.3 is 14.8 Å². The van der Waals surface area contributed by atoms with Crippen molar-refractivity contribution in [2.45, 2.75) is 6.92 Å². The number of hydrogen-bond acceptors (Lipinski definition) is 4. The van der Waals surface area contributed by atoms with Crippen LogP contribution in [0.1, 0.15) is 15.9 Å². The van der Waals surface area contributed by atoms with Gasteiger partial charge in [0, 0.05) is 13.7 Å². The molecule has 1 aromatic rings. The molecule has 1 N–H and O–H groups in total. The second-order valence-corrected chi connectivity index (χ2v) is 3.79. The second kappa shape index (κ2) is 7.45. The lowest BCUT2D eigenvalue weighted by atomic mass is 10.1. The van der Waals surface area contributed by atoms with Gasteiger partial charge in [0.15, 0.2) is 12.9 Å². The van der Waals surface area contributed by atoms with Crippen LogP contribution in [0.2, 0.25) is 0 Å². The Bertz CT molecular complexity index is 417. The molecule has 0 fully saturated rings. The van der Waals surface area contributed by atoms with E-state index >= 15 is 0 Å². The van der Waals surface area contributed by atoms with E-state index in [-0.39, 0.29) is 12.5 Å². The predicted molar refractivity (Wildman–Crippen MR) is 66.9 cm³/mol. The summed E-state index contributed by atoms with van der Waals surface area (Å²) in [4.78, 5) is 22.2. The molecule has 0 radical (unpaired) electrons. The van der Waals surface area contributed by atoms with Crippen LogP contribution in [0.25, 0.3) is 0 Å². The van der Waals surface area contributed by atoms with Crippen LogP contribution in [0.15, 0.2) is 18.2 Å². The summed E-state index contributed by atoms with van der Waals surface area (Å²) in [5.74, 6) is 0.168. The van der Waals surface area contributed by atoms with Crippen molar-refractivity contribution >= 4 is 12.2 Å². The zero-order valence-electron chi connectivity index (χ0n) is 10.6. The van der Waals surface area contributed by atoms with Gasteiger partial charge in [-0.25, -0.2) is 0 Å². The van der Waals surface area contributed by atoms with Crippen molar-refractivity contribution in [2.24, 2.45) is 0 Å². The number of ether oxygens (including phenoxy) is 2. The molecule has 0 atom stereocenters. The SMILES string of the molecule is COCCNC(=O)COc1ccc(C)cc1C=O. The van der Waals surface area contributed by atoms with Crippen LogP contribution in [-0.2, 0) is 9.53 Å². The maximum absolute atomic E-state index is 11.4. The molecule has 1 rings (SSSR count). The maximum atomic E-state index is 11.4. The van der Waals surface area contributed by atoms with Crippen LogP contribution in [0.3, 0.4) is 0 Å². The third-order valence-corrected chi connectivity index (χ3v) is 2.28. The van der Waals surface area contributed by atoms with E-state index in [9.17, 15) is 9.59 Å². The van der Waals surface area contributed by atoms with Crippen LogP contribution < -0.4 is 10.1 Å². The van der Waals surface area contributed by atoms with Gasteiger partial charge in [-0.2, -0.15) is 0 Å². The van der Waals surface area contributed by atoms with E-state index in [1.165, 1.54) is 0 Å². The molecule has 0 aromatic heterocycles. The van der Waals surface area contributed by atoms with E-state index in [1.807, 2.05) is 13.0 Å². The van der Waals surface area contributed by atoms with E-state index in [2.05, 4.69) is 5.32 Å². The van der Waals surface area contributed by atoms with Gasteiger partial charge in [0.2, 0.25) is 0 Å². The third kappa shape index (κ3) is 4.55. The zero-order chi connectivity index (χ0) is 13.4. The molecule has 5 heteroatoms. The van der Waals surface area contributed by atoms with Gasteiger partial charge in [0.1, 0.15) is 5.75 Å². The fourth-order valence-electron chi connectivity index (χ4n) is 1.38. The highest BCUT2D eigenvalue weighted by atomic mass is 16.5. The Kier molecular flexibility index (Phi) is 5.87. The fraction of sp³-hybridized carbons (Fsp3) is 0.385. The van der Waals surface area contributed by atoms with Crippen molar-refractivity contribution < 1.29 is 19.1 Å². The van der Waals surface area contributed by atoms with E-state index in [4.69, 9.17) is 9.47 Å². The Hall–Kier alpha value is -1.88. The minimum Gasteiger partial charge on any atom is -0.483 e. The molecule has 0 bridgehead atoms. The molecule has 0 saturated carbocycles. The maximum Gasteiger partial charge on any atom is 0.258 e. The van der Waals surface area contributed by atoms with E-state index in [0.717, 1.165) is 5.56 Å². The number of methoxy groups -OCH3 is 1.